The lowest BCUT2D eigenvalue weighted by Gasteiger charge is -2.12. The minimum Gasteiger partial charge on any atom is -0.497 e. The molecule has 0 bridgehead atoms. The molecule has 0 saturated carbocycles. The Hall–Kier alpha value is -3.34. The Labute approximate surface area is 143 Å². The van der Waals surface area contributed by atoms with Crippen molar-refractivity contribution in [3.63, 3.8) is 0 Å². The predicted octanol–water partition coefficient (Wildman–Crippen LogP) is 3.83. The molecular weight excluding hydrogens is 320 g/mol. The van der Waals surface area contributed by atoms with Gasteiger partial charge in [0.1, 0.15) is 11.5 Å². The van der Waals surface area contributed by atoms with Crippen LogP contribution in [0, 0.1) is 0 Å². The molecule has 0 radical (unpaired) electrons. The molecule has 0 aromatic heterocycles. The number of carbonyl (C=O) groups is 2. The van der Waals surface area contributed by atoms with E-state index in [-0.39, 0.29) is 11.1 Å². The van der Waals surface area contributed by atoms with Crippen LogP contribution in [0.15, 0.2) is 48.5 Å². The molecule has 0 unspecified atom stereocenters. The minimum absolute atomic E-state index is 0.286. The lowest BCUT2D eigenvalue weighted by Crippen LogP contribution is -1.99. The second-order valence-corrected chi connectivity index (χ2v) is 5.67. The van der Waals surface area contributed by atoms with E-state index in [0.717, 1.165) is 16.3 Å². The molecule has 0 aliphatic carbocycles. The molecule has 0 fully saturated rings. The summed E-state index contributed by atoms with van der Waals surface area (Å²) in [5.41, 5.74) is 2.02. The number of hydrogen-bond donors (Lipinski definition) is 0. The third-order valence-electron chi connectivity index (χ3n) is 4.34. The summed E-state index contributed by atoms with van der Waals surface area (Å²) in [6.07, 6.45) is 0. The van der Waals surface area contributed by atoms with Crippen molar-refractivity contribution in [1.29, 1.82) is 0 Å². The summed E-state index contributed by atoms with van der Waals surface area (Å²) in [4.78, 5) is 24.3. The third kappa shape index (κ3) is 2.32. The molecule has 1 heterocycles. The standard InChI is InChI=1S/C20H14O5/c1-23-13-6-3-11(4-7-13)17-15-10-14(24-2)8-5-12(15)9-16-18(17)20(22)25-19(16)21/h3-10H,1-2H3. The van der Waals surface area contributed by atoms with E-state index < -0.39 is 11.9 Å². The Morgan fingerprint density at radius 3 is 2.12 bits per heavy atom. The fraction of sp³-hybridized carbons (Fsp3) is 0.100. The fourth-order valence-corrected chi connectivity index (χ4v) is 3.12. The molecule has 0 N–H and O–H groups in total. The van der Waals surface area contributed by atoms with Crippen molar-refractivity contribution in [2.75, 3.05) is 14.2 Å². The monoisotopic (exact) mass is 334 g/mol. The maximum absolute atomic E-state index is 12.3. The van der Waals surface area contributed by atoms with Gasteiger partial charge in [0.15, 0.2) is 0 Å². The first-order valence-electron chi connectivity index (χ1n) is 7.68. The summed E-state index contributed by atoms with van der Waals surface area (Å²) in [5.74, 6) is 0.125. The molecule has 0 amide bonds. The first kappa shape index (κ1) is 15.2. The molecule has 5 nitrogen and oxygen atoms in total. The van der Waals surface area contributed by atoms with Crippen LogP contribution in [0.4, 0.5) is 0 Å². The van der Waals surface area contributed by atoms with Crippen LogP contribution in [-0.4, -0.2) is 26.2 Å². The fourth-order valence-electron chi connectivity index (χ4n) is 3.12. The summed E-state index contributed by atoms with van der Waals surface area (Å²) in [6, 6.07) is 14.5. The van der Waals surface area contributed by atoms with Crippen LogP contribution < -0.4 is 9.47 Å². The Kier molecular flexibility index (Phi) is 3.42. The topological polar surface area (TPSA) is 61.8 Å². The van der Waals surface area contributed by atoms with Crippen molar-refractivity contribution < 1.29 is 23.8 Å². The number of rotatable bonds is 3. The molecule has 0 atom stereocenters. The van der Waals surface area contributed by atoms with Crippen molar-refractivity contribution in [3.8, 4) is 22.6 Å². The smallest absolute Gasteiger partial charge is 0.347 e. The number of ether oxygens (including phenoxy) is 3. The average molecular weight is 334 g/mol. The van der Waals surface area contributed by atoms with Gasteiger partial charge in [-0.2, -0.15) is 0 Å². The van der Waals surface area contributed by atoms with E-state index in [1.807, 2.05) is 42.5 Å². The van der Waals surface area contributed by atoms with Gasteiger partial charge in [-0.05, 0) is 46.7 Å². The molecule has 0 saturated heterocycles. The van der Waals surface area contributed by atoms with Gasteiger partial charge in [-0.15, -0.1) is 0 Å². The molecular formula is C20H14O5. The van der Waals surface area contributed by atoms with Crippen LogP contribution in [0.25, 0.3) is 21.9 Å². The zero-order valence-electron chi connectivity index (χ0n) is 13.7. The summed E-state index contributed by atoms with van der Waals surface area (Å²) in [5, 5.41) is 1.65. The SMILES string of the molecule is COc1ccc(-c2c3c(cc4ccc(OC)cc24)C(=O)OC3=O)cc1. The van der Waals surface area contributed by atoms with Crippen LogP contribution >= 0.6 is 0 Å². The van der Waals surface area contributed by atoms with E-state index >= 15 is 0 Å². The number of methoxy groups -OCH3 is 2. The van der Waals surface area contributed by atoms with Crippen molar-refractivity contribution in [2.24, 2.45) is 0 Å². The summed E-state index contributed by atoms with van der Waals surface area (Å²) in [7, 11) is 3.17. The lowest BCUT2D eigenvalue weighted by atomic mass is 9.90. The number of cyclic esters (lactones) is 2. The Bertz CT molecular complexity index is 1020. The molecule has 3 aromatic carbocycles. The number of hydrogen-bond acceptors (Lipinski definition) is 5. The molecule has 124 valence electrons. The van der Waals surface area contributed by atoms with Crippen LogP contribution in [0.2, 0.25) is 0 Å². The summed E-state index contributed by atoms with van der Waals surface area (Å²) in [6.45, 7) is 0. The second-order valence-electron chi connectivity index (χ2n) is 5.67. The van der Waals surface area contributed by atoms with Crippen LogP contribution in [0.3, 0.4) is 0 Å². The lowest BCUT2D eigenvalue weighted by molar-refractivity contribution is 0.0444. The Balaban J connectivity index is 2.09. The molecule has 1 aliphatic heterocycles. The highest BCUT2D eigenvalue weighted by molar-refractivity contribution is 6.22. The molecule has 4 rings (SSSR count). The van der Waals surface area contributed by atoms with E-state index in [0.29, 0.717) is 17.1 Å². The molecule has 5 heteroatoms. The first-order valence-corrected chi connectivity index (χ1v) is 7.68. The first-order chi connectivity index (χ1) is 12.1. The Morgan fingerprint density at radius 2 is 1.44 bits per heavy atom. The van der Waals surface area contributed by atoms with E-state index in [9.17, 15) is 9.59 Å². The molecule has 0 spiro atoms. The second kappa shape index (κ2) is 5.63. The molecule has 1 aliphatic rings. The van der Waals surface area contributed by atoms with E-state index in [2.05, 4.69) is 0 Å². The quantitative estimate of drug-likeness (QED) is 0.538. The van der Waals surface area contributed by atoms with Crippen molar-refractivity contribution in [2.45, 2.75) is 0 Å². The zero-order chi connectivity index (χ0) is 17.6. The Morgan fingerprint density at radius 1 is 0.760 bits per heavy atom. The van der Waals surface area contributed by atoms with Crippen molar-refractivity contribution >= 4 is 22.7 Å². The summed E-state index contributed by atoms with van der Waals surface area (Å²) >= 11 is 0. The highest BCUT2D eigenvalue weighted by Gasteiger charge is 2.34. The van der Waals surface area contributed by atoms with Gasteiger partial charge in [-0.3, -0.25) is 0 Å². The highest BCUT2D eigenvalue weighted by Crippen LogP contribution is 2.39. The van der Waals surface area contributed by atoms with E-state index in [1.54, 1.807) is 20.3 Å². The largest absolute Gasteiger partial charge is 0.497 e. The van der Waals surface area contributed by atoms with E-state index in [1.165, 1.54) is 0 Å². The normalized spacial score (nSPS) is 12.9. The average Bonchev–Trinajstić information content (AvgIpc) is 2.93. The van der Waals surface area contributed by atoms with E-state index in [4.69, 9.17) is 14.2 Å². The van der Waals surface area contributed by atoms with Gasteiger partial charge in [0.2, 0.25) is 0 Å². The van der Waals surface area contributed by atoms with Crippen LogP contribution in [0.1, 0.15) is 20.7 Å². The zero-order valence-corrected chi connectivity index (χ0v) is 13.7. The van der Waals surface area contributed by atoms with Gasteiger partial charge in [-0.25, -0.2) is 9.59 Å². The number of fused-ring (bicyclic) bond motifs is 2. The van der Waals surface area contributed by atoms with Gasteiger partial charge >= 0.3 is 11.9 Å². The van der Waals surface area contributed by atoms with Gasteiger partial charge in [0.25, 0.3) is 0 Å². The van der Waals surface area contributed by atoms with Crippen molar-refractivity contribution in [3.05, 3.63) is 59.7 Å². The van der Waals surface area contributed by atoms with Gasteiger partial charge in [0, 0.05) is 5.56 Å². The molecule has 3 aromatic rings. The summed E-state index contributed by atoms with van der Waals surface area (Å²) < 4.78 is 15.3. The van der Waals surface area contributed by atoms with Gasteiger partial charge in [0.05, 0.1) is 25.3 Å². The van der Waals surface area contributed by atoms with Crippen molar-refractivity contribution in [1.82, 2.24) is 0 Å². The minimum atomic E-state index is -0.629. The number of benzene rings is 3. The highest BCUT2D eigenvalue weighted by atomic mass is 16.6. The third-order valence-corrected chi connectivity index (χ3v) is 4.34. The van der Waals surface area contributed by atoms with Gasteiger partial charge in [-0.1, -0.05) is 18.2 Å². The van der Waals surface area contributed by atoms with Gasteiger partial charge < -0.3 is 14.2 Å². The van der Waals surface area contributed by atoms with Crippen LogP contribution in [0.5, 0.6) is 11.5 Å². The maximum Gasteiger partial charge on any atom is 0.347 e. The predicted molar refractivity (Wildman–Crippen MR) is 92.2 cm³/mol. The number of carbonyl (C=O) groups excluding carboxylic acids is 2. The van der Waals surface area contributed by atoms with Crippen LogP contribution in [-0.2, 0) is 4.74 Å². The maximum atomic E-state index is 12.3. The molecule has 25 heavy (non-hydrogen) atoms. The number of esters is 2.